The first-order chi connectivity index (χ1) is 9.56. The normalized spacial score (nSPS) is 27.1. The van der Waals surface area contributed by atoms with Crippen molar-refractivity contribution in [3.8, 4) is 0 Å². The van der Waals surface area contributed by atoms with Gasteiger partial charge in [0.05, 0.1) is 0 Å². The number of fused-ring (bicyclic) bond motifs is 1. The molecule has 0 radical (unpaired) electrons. The molecule has 4 N–H and O–H groups in total. The van der Waals surface area contributed by atoms with Gasteiger partial charge in [0, 0.05) is 30.3 Å². The van der Waals surface area contributed by atoms with Crippen LogP contribution in [0, 0.1) is 11.8 Å². The average Bonchev–Trinajstić information content (AvgIpc) is 3.01. The van der Waals surface area contributed by atoms with Crippen LogP contribution < -0.4 is 11.5 Å². The zero-order valence-corrected chi connectivity index (χ0v) is 12.5. The molecule has 1 aromatic rings. The molecule has 3 unspecified atom stereocenters. The summed E-state index contributed by atoms with van der Waals surface area (Å²) < 4.78 is 0. The van der Waals surface area contributed by atoms with E-state index >= 15 is 0 Å². The lowest BCUT2D eigenvalue weighted by atomic mass is 9.98. The predicted octanol–water partition coefficient (Wildman–Crippen LogP) is 1.02. The van der Waals surface area contributed by atoms with Crippen molar-refractivity contribution in [2.45, 2.75) is 18.9 Å². The fraction of sp³-hybridized carbons (Fsp3) is 0.467. The van der Waals surface area contributed by atoms with Gasteiger partial charge >= 0.3 is 0 Å². The highest BCUT2D eigenvalue weighted by Gasteiger charge is 2.42. The van der Waals surface area contributed by atoms with Crippen LogP contribution >= 0.6 is 12.4 Å². The maximum absolute atomic E-state index is 12.5. The van der Waals surface area contributed by atoms with Gasteiger partial charge in [0.25, 0.3) is 5.91 Å². The molecule has 21 heavy (non-hydrogen) atoms. The van der Waals surface area contributed by atoms with Crippen LogP contribution in [0.3, 0.4) is 0 Å². The van der Waals surface area contributed by atoms with Crippen LogP contribution in [0.4, 0.5) is 0 Å². The fourth-order valence-corrected chi connectivity index (χ4v) is 3.46. The van der Waals surface area contributed by atoms with Crippen LogP contribution in [0.25, 0.3) is 0 Å². The SMILES string of the molecule is Cl.NC(=O)c1cccc(C(=O)N2CC3CCC(N)C3C2)c1. The molecule has 0 bridgehead atoms. The summed E-state index contributed by atoms with van der Waals surface area (Å²) in [6.45, 7) is 1.50. The minimum atomic E-state index is -0.514. The Morgan fingerprint density at radius 1 is 1.14 bits per heavy atom. The molecule has 3 rings (SSSR count). The van der Waals surface area contributed by atoms with Gasteiger partial charge in [-0.25, -0.2) is 0 Å². The van der Waals surface area contributed by atoms with Gasteiger partial charge in [0.2, 0.25) is 5.91 Å². The third-order valence-electron chi connectivity index (χ3n) is 4.59. The van der Waals surface area contributed by atoms with Gasteiger partial charge in [0.15, 0.2) is 0 Å². The molecule has 6 heteroatoms. The van der Waals surface area contributed by atoms with Crippen molar-refractivity contribution in [1.82, 2.24) is 4.90 Å². The summed E-state index contributed by atoms with van der Waals surface area (Å²) in [6, 6.07) is 6.82. The van der Waals surface area contributed by atoms with Gasteiger partial charge in [-0.3, -0.25) is 9.59 Å². The monoisotopic (exact) mass is 309 g/mol. The summed E-state index contributed by atoms with van der Waals surface area (Å²) in [5.74, 6) is 0.418. The number of likely N-dealkylation sites (tertiary alicyclic amines) is 1. The quantitative estimate of drug-likeness (QED) is 0.854. The molecular formula is C15H20ClN3O2. The average molecular weight is 310 g/mol. The Labute approximate surface area is 130 Å². The number of nitrogens with zero attached hydrogens (tertiary/aromatic N) is 1. The van der Waals surface area contributed by atoms with Crippen molar-refractivity contribution in [2.75, 3.05) is 13.1 Å². The molecule has 5 nitrogen and oxygen atoms in total. The Morgan fingerprint density at radius 2 is 1.86 bits per heavy atom. The molecule has 2 aliphatic rings. The number of benzene rings is 1. The van der Waals surface area contributed by atoms with E-state index in [1.807, 2.05) is 4.90 Å². The topological polar surface area (TPSA) is 89.4 Å². The summed E-state index contributed by atoms with van der Waals surface area (Å²) in [5, 5.41) is 0. The second-order valence-corrected chi connectivity index (χ2v) is 5.82. The molecule has 1 saturated heterocycles. The van der Waals surface area contributed by atoms with Crippen LogP contribution in [-0.2, 0) is 0 Å². The first-order valence-corrected chi connectivity index (χ1v) is 7.01. The summed E-state index contributed by atoms with van der Waals surface area (Å²) in [5.41, 5.74) is 12.2. The first kappa shape index (κ1) is 15.8. The number of carbonyl (C=O) groups is 2. The minimum Gasteiger partial charge on any atom is -0.366 e. The van der Waals surface area contributed by atoms with Crippen molar-refractivity contribution >= 4 is 24.2 Å². The largest absolute Gasteiger partial charge is 0.366 e. The summed E-state index contributed by atoms with van der Waals surface area (Å²) in [7, 11) is 0. The summed E-state index contributed by atoms with van der Waals surface area (Å²) in [4.78, 5) is 25.5. The highest BCUT2D eigenvalue weighted by molar-refractivity contribution is 5.99. The number of rotatable bonds is 2. The van der Waals surface area contributed by atoms with Crippen molar-refractivity contribution < 1.29 is 9.59 Å². The molecule has 0 spiro atoms. The molecular weight excluding hydrogens is 290 g/mol. The number of hydrogen-bond acceptors (Lipinski definition) is 3. The molecule has 3 atom stereocenters. The lowest BCUT2D eigenvalue weighted by molar-refractivity contribution is 0.0779. The van der Waals surface area contributed by atoms with Crippen molar-refractivity contribution in [3.63, 3.8) is 0 Å². The maximum Gasteiger partial charge on any atom is 0.253 e. The second-order valence-electron chi connectivity index (χ2n) is 5.82. The van der Waals surface area contributed by atoms with E-state index in [2.05, 4.69) is 0 Å². The number of amides is 2. The zero-order valence-electron chi connectivity index (χ0n) is 11.7. The minimum absolute atomic E-state index is 0. The van der Waals surface area contributed by atoms with Crippen LogP contribution in [0.15, 0.2) is 24.3 Å². The second kappa shape index (κ2) is 6.03. The molecule has 2 fully saturated rings. The lowest BCUT2D eigenvalue weighted by Gasteiger charge is -2.19. The maximum atomic E-state index is 12.5. The van der Waals surface area contributed by atoms with E-state index in [4.69, 9.17) is 11.5 Å². The molecule has 1 aromatic carbocycles. The zero-order chi connectivity index (χ0) is 14.3. The number of halogens is 1. The molecule has 1 saturated carbocycles. The Bertz CT molecular complexity index is 564. The third-order valence-corrected chi connectivity index (χ3v) is 4.59. The Balaban J connectivity index is 0.00000161. The van der Waals surface area contributed by atoms with E-state index in [9.17, 15) is 9.59 Å². The molecule has 1 aliphatic carbocycles. The van der Waals surface area contributed by atoms with Crippen molar-refractivity contribution in [3.05, 3.63) is 35.4 Å². The molecule has 1 aliphatic heterocycles. The Hall–Kier alpha value is -1.59. The number of carbonyl (C=O) groups excluding carboxylic acids is 2. The van der Waals surface area contributed by atoms with Crippen LogP contribution in [0.1, 0.15) is 33.6 Å². The van der Waals surface area contributed by atoms with E-state index in [1.54, 1.807) is 24.3 Å². The number of primary amides is 1. The van der Waals surface area contributed by atoms with Gasteiger partial charge in [-0.1, -0.05) is 6.07 Å². The van der Waals surface area contributed by atoms with E-state index < -0.39 is 5.91 Å². The first-order valence-electron chi connectivity index (χ1n) is 7.01. The highest BCUT2D eigenvalue weighted by Crippen LogP contribution is 2.37. The van der Waals surface area contributed by atoms with Gasteiger partial charge in [-0.15, -0.1) is 12.4 Å². The van der Waals surface area contributed by atoms with E-state index in [0.717, 1.165) is 25.9 Å². The summed E-state index contributed by atoms with van der Waals surface area (Å²) >= 11 is 0. The van der Waals surface area contributed by atoms with Crippen LogP contribution in [0.5, 0.6) is 0 Å². The standard InChI is InChI=1S/C15H19N3O2.ClH/c16-13-5-4-11-7-18(8-12(11)13)15(20)10-3-1-2-9(6-10)14(17)19;/h1-3,6,11-13H,4-5,7-8,16H2,(H2,17,19);1H. The van der Waals surface area contributed by atoms with Crippen LogP contribution in [0.2, 0.25) is 0 Å². The lowest BCUT2D eigenvalue weighted by Crippen LogP contribution is -2.33. The van der Waals surface area contributed by atoms with E-state index in [0.29, 0.717) is 23.0 Å². The highest BCUT2D eigenvalue weighted by atomic mass is 35.5. The van der Waals surface area contributed by atoms with Crippen molar-refractivity contribution in [1.29, 1.82) is 0 Å². The van der Waals surface area contributed by atoms with Gasteiger partial charge in [0.1, 0.15) is 0 Å². The fourth-order valence-electron chi connectivity index (χ4n) is 3.46. The Morgan fingerprint density at radius 3 is 2.52 bits per heavy atom. The van der Waals surface area contributed by atoms with Crippen LogP contribution in [-0.4, -0.2) is 35.8 Å². The summed E-state index contributed by atoms with van der Waals surface area (Å²) in [6.07, 6.45) is 2.17. The van der Waals surface area contributed by atoms with Crippen molar-refractivity contribution in [2.24, 2.45) is 23.3 Å². The van der Waals surface area contributed by atoms with Gasteiger partial charge in [-0.05, 0) is 42.9 Å². The number of hydrogen-bond donors (Lipinski definition) is 2. The van der Waals surface area contributed by atoms with E-state index in [-0.39, 0.29) is 24.4 Å². The van der Waals surface area contributed by atoms with E-state index in [1.165, 1.54) is 0 Å². The smallest absolute Gasteiger partial charge is 0.253 e. The predicted molar refractivity (Wildman–Crippen MR) is 82.3 cm³/mol. The van der Waals surface area contributed by atoms with Gasteiger partial charge in [-0.2, -0.15) is 0 Å². The molecule has 1 heterocycles. The molecule has 2 amide bonds. The molecule has 0 aromatic heterocycles. The Kier molecular flexibility index (Phi) is 4.54. The molecule has 114 valence electrons. The third kappa shape index (κ3) is 2.89. The number of nitrogens with two attached hydrogens (primary N) is 2. The van der Waals surface area contributed by atoms with Gasteiger partial charge < -0.3 is 16.4 Å².